The number of rotatable bonds is 4. The van der Waals surface area contributed by atoms with Crippen molar-refractivity contribution in [2.75, 3.05) is 13.1 Å². The van der Waals surface area contributed by atoms with Gasteiger partial charge in [-0.15, -0.1) is 0 Å². The minimum Gasteiger partial charge on any atom is -0.290 e. The predicted molar refractivity (Wildman–Crippen MR) is 129 cm³/mol. The number of fused-ring (bicyclic) bond motifs is 1. The van der Waals surface area contributed by atoms with Gasteiger partial charge < -0.3 is 0 Å². The number of hydrazone groups is 1. The molecule has 0 saturated carbocycles. The van der Waals surface area contributed by atoms with E-state index in [2.05, 4.69) is 29.2 Å². The molecule has 0 N–H and O–H groups in total. The minimum absolute atomic E-state index is 0.0312. The number of hydrogen-bond donors (Lipinski definition) is 0. The molecule has 2 heterocycles. The predicted octanol–water partition coefficient (Wildman–Crippen LogP) is 5.73. The normalized spacial score (nSPS) is 18.4. The minimum atomic E-state index is -0.250. The number of halogens is 2. The molecule has 0 spiro atoms. The first kappa shape index (κ1) is 21.2. The maximum Gasteiger partial charge on any atom is 0.257 e. The summed E-state index contributed by atoms with van der Waals surface area (Å²) in [6.07, 6.45) is 1.52. The first-order valence-corrected chi connectivity index (χ1v) is 11.5. The molecule has 162 valence electrons. The highest BCUT2D eigenvalue weighted by atomic mass is 35.5. The van der Waals surface area contributed by atoms with Crippen LogP contribution in [-0.2, 0) is 17.8 Å². The van der Waals surface area contributed by atoms with Crippen LogP contribution in [0.2, 0.25) is 10.0 Å². The van der Waals surface area contributed by atoms with Gasteiger partial charge in [-0.3, -0.25) is 9.69 Å². The zero-order chi connectivity index (χ0) is 22.1. The summed E-state index contributed by atoms with van der Waals surface area (Å²) in [6, 6.07) is 23.5. The van der Waals surface area contributed by atoms with Crippen molar-refractivity contribution >= 4 is 34.8 Å². The average molecular weight is 464 g/mol. The summed E-state index contributed by atoms with van der Waals surface area (Å²) in [6.45, 7) is 1.94. The molecule has 3 aromatic carbocycles. The van der Waals surface area contributed by atoms with Crippen LogP contribution in [0.4, 0.5) is 0 Å². The van der Waals surface area contributed by atoms with Crippen molar-refractivity contribution in [3.05, 3.63) is 105 Å². The van der Waals surface area contributed by atoms with Crippen molar-refractivity contribution in [2.45, 2.75) is 25.4 Å². The van der Waals surface area contributed by atoms with Crippen LogP contribution < -0.4 is 0 Å². The summed E-state index contributed by atoms with van der Waals surface area (Å²) in [5, 5.41) is 7.64. The highest BCUT2D eigenvalue weighted by Crippen LogP contribution is 2.37. The molecule has 0 bridgehead atoms. The lowest BCUT2D eigenvalue weighted by Gasteiger charge is -2.30. The van der Waals surface area contributed by atoms with Gasteiger partial charge in [0, 0.05) is 35.1 Å². The van der Waals surface area contributed by atoms with E-state index in [-0.39, 0.29) is 11.9 Å². The first-order chi connectivity index (χ1) is 15.6. The van der Waals surface area contributed by atoms with Crippen molar-refractivity contribution in [1.29, 1.82) is 0 Å². The standard InChI is InChI=1S/C26H23Cl2N3O/c27-22-11-5-3-9-20(22)24-15-25(21-10-4-6-12-23(21)28)31(29-24)26(32)17-30-14-13-18-7-1-2-8-19(18)16-30/h1-12,25H,13-17H2/t25-/m0/s1. The van der Waals surface area contributed by atoms with Gasteiger partial charge in [-0.25, -0.2) is 5.01 Å². The van der Waals surface area contributed by atoms with Crippen LogP contribution in [0, 0.1) is 0 Å². The van der Waals surface area contributed by atoms with Gasteiger partial charge in [-0.2, -0.15) is 5.10 Å². The number of hydrogen-bond acceptors (Lipinski definition) is 3. The topological polar surface area (TPSA) is 35.9 Å². The Balaban J connectivity index is 1.42. The molecular weight excluding hydrogens is 441 g/mol. The van der Waals surface area contributed by atoms with Crippen molar-refractivity contribution in [3.63, 3.8) is 0 Å². The zero-order valence-electron chi connectivity index (χ0n) is 17.5. The summed E-state index contributed by atoms with van der Waals surface area (Å²) in [4.78, 5) is 15.7. The lowest BCUT2D eigenvalue weighted by molar-refractivity contribution is -0.134. The number of nitrogens with zero attached hydrogens (tertiary/aromatic N) is 3. The number of carbonyl (C=O) groups is 1. The van der Waals surface area contributed by atoms with Gasteiger partial charge >= 0.3 is 0 Å². The van der Waals surface area contributed by atoms with Gasteiger partial charge in [-0.05, 0) is 35.2 Å². The van der Waals surface area contributed by atoms with Gasteiger partial charge in [0.05, 0.1) is 18.3 Å². The van der Waals surface area contributed by atoms with Crippen LogP contribution in [-0.4, -0.2) is 34.6 Å². The largest absolute Gasteiger partial charge is 0.290 e. The molecule has 2 aliphatic heterocycles. The molecule has 3 aromatic rings. The molecule has 1 amide bonds. The van der Waals surface area contributed by atoms with Gasteiger partial charge in [0.15, 0.2) is 0 Å². The number of amides is 1. The molecule has 0 fully saturated rings. The van der Waals surface area contributed by atoms with Gasteiger partial charge in [0.1, 0.15) is 0 Å². The van der Waals surface area contributed by atoms with Gasteiger partial charge in [0.25, 0.3) is 5.91 Å². The highest BCUT2D eigenvalue weighted by molar-refractivity contribution is 6.34. The van der Waals surface area contributed by atoms with E-state index in [4.69, 9.17) is 28.3 Å². The van der Waals surface area contributed by atoms with E-state index in [1.165, 1.54) is 11.1 Å². The highest BCUT2D eigenvalue weighted by Gasteiger charge is 2.35. The molecular formula is C26H23Cl2N3O. The Labute approximate surface area is 198 Å². The second-order valence-electron chi connectivity index (χ2n) is 8.24. The molecule has 0 aliphatic carbocycles. The summed E-state index contributed by atoms with van der Waals surface area (Å²) in [5.41, 5.74) is 5.21. The van der Waals surface area contributed by atoms with Crippen LogP contribution in [0.3, 0.4) is 0 Å². The molecule has 0 radical (unpaired) electrons. The Hall–Kier alpha value is -2.66. The Kier molecular flexibility index (Phi) is 6.01. The van der Waals surface area contributed by atoms with Crippen molar-refractivity contribution in [3.8, 4) is 0 Å². The van der Waals surface area contributed by atoms with Crippen molar-refractivity contribution in [1.82, 2.24) is 9.91 Å². The molecule has 0 aromatic heterocycles. The fraction of sp³-hybridized carbons (Fsp3) is 0.231. The Morgan fingerprint density at radius 2 is 1.59 bits per heavy atom. The smallest absolute Gasteiger partial charge is 0.257 e. The number of benzene rings is 3. The fourth-order valence-electron chi connectivity index (χ4n) is 4.54. The average Bonchev–Trinajstić information content (AvgIpc) is 3.25. The van der Waals surface area contributed by atoms with Gasteiger partial charge in [0.2, 0.25) is 0 Å². The molecule has 0 saturated heterocycles. The molecule has 2 aliphatic rings. The third-order valence-electron chi connectivity index (χ3n) is 6.18. The summed E-state index contributed by atoms with van der Waals surface area (Å²) >= 11 is 13.0. The van der Waals surface area contributed by atoms with Gasteiger partial charge in [-0.1, -0.05) is 83.9 Å². The second kappa shape index (κ2) is 9.07. The number of carbonyl (C=O) groups excluding carboxylic acids is 1. The maximum atomic E-state index is 13.5. The molecule has 5 rings (SSSR count). The van der Waals surface area contributed by atoms with Crippen LogP contribution in [0.1, 0.15) is 34.7 Å². The van der Waals surface area contributed by atoms with E-state index in [9.17, 15) is 4.79 Å². The SMILES string of the molecule is O=C(CN1CCc2ccccc2C1)N1N=C(c2ccccc2Cl)C[C@H]1c1ccccc1Cl. The van der Waals surface area contributed by atoms with Crippen molar-refractivity contribution in [2.24, 2.45) is 5.10 Å². The van der Waals surface area contributed by atoms with E-state index >= 15 is 0 Å². The van der Waals surface area contributed by atoms with Crippen LogP contribution in [0.25, 0.3) is 0 Å². The Morgan fingerprint density at radius 1 is 0.906 bits per heavy atom. The molecule has 6 heteroatoms. The van der Waals surface area contributed by atoms with E-state index in [0.29, 0.717) is 23.0 Å². The molecule has 1 atom stereocenters. The van der Waals surface area contributed by atoms with E-state index < -0.39 is 0 Å². The summed E-state index contributed by atoms with van der Waals surface area (Å²) in [7, 11) is 0. The summed E-state index contributed by atoms with van der Waals surface area (Å²) in [5.74, 6) is -0.0312. The van der Waals surface area contributed by atoms with Crippen LogP contribution in [0.15, 0.2) is 77.9 Å². The lowest BCUT2D eigenvalue weighted by atomic mass is 9.98. The molecule has 4 nitrogen and oxygen atoms in total. The maximum absolute atomic E-state index is 13.5. The van der Waals surface area contributed by atoms with Crippen LogP contribution in [0.5, 0.6) is 0 Å². The quantitative estimate of drug-likeness (QED) is 0.495. The second-order valence-corrected chi connectivity index (χ2v) is 9.05. The fourth-order valence-corrected chi connectivity index (χ4v) is 5.05. The lowest BCUT2D eigenvalue weighted by Crippen LogP contribution is -2.40. The van der Waals surface area contributed by atoms with Crippen molar-refractivity contribution < 1.29 is 4.79 Å². The zero-order valence-corrected chi connectivity index (χ0v) is 19.1. The Morgan fingerprint density at radius 3 is 2.38 bits per heavy atom. The van der Waals surface area contributed by atoms with E-state index in [1.807, 2.05) is 48.5 Å². The van der Waals surface area contributed by atoms with Crippen LogP contribution >= 0.6 is 23.2 Å². The third-order valence-corrected chi connectivity index (χ3v) is 6.86. The molecule has 32 heavy (non-hydrogen) atoms. The third kappa shape index (κ3) is 4.18. The summed E-state index contributed by atoms with van der Waals surface area (Å²) < 4.78 is 0. The van der Waals surface area contributed by atoms with E-state index in [0.717, 1.165) is 36.3 Å². The first-order valence-electron chi connectivity index (χ1n) is 10.8. The monoisotopic (exact) mass is 463 g/mol. The van der Waals surface area contributed by atoms with E-state index in [1.54, 1.807) is 5.01 Å². The molecule has 0 unspecified atom stereocenters. The Bertz CT molecular complexity index is 1190.